The van der Waals surface area contributed by atoms with E-state index in [1.807, 2.05) is 0 Å². The molecule has 4 rings (SSSR count). The summed E-state index contributed by atoms with van der Waals surface area (Å²) in [6, 6.07) is 0.624. The van der Waals surface area contributed by atoms with Gasteiger partial charge in [-0.05, 0) is 86.3 Å². The molecule has 2 unspecified atom stereocenters. The van der Waals surface area contributed by atoms with Crippen LogP contribution in [0.4, 0.5) is 20.1 Å². The van der Waals surface area contributed by atoms with E-state index >= 15 is 9.59 Å². The molecule has 0 spiro atoms. The van der Waals surface area contributed by atoms with Crippen LogP contribution in [0.2, 0.25) is 0 Å². The molecule has 2 fully saturated rings. The summed E-state index contributed by atoms with van der Waals surface area (Å²) in [7, 11) is 0. The molecule has 3 aliphatic rings. The summed E-state index contributed by atoms with van der Waals surface area (Å²) in [5.74, 6) is 4.06. The highest BCUT2D eigenvalue weighted by Crippen LogP contribution is 2.52. The third-order valence-electron chi connectivity index (χ3n) is 19.8. The Morgan fingerprint density at radius 3 is 1.63 bits per heavy atom. The van der Waals surface area contributed by atoms with Gasteiger partial charge in [-0.2, -0.15) is 0 Å². The van der Waals surface area contributed by atoms with Crippen molar-refractivity contribution in [3.8, 4) is 11.8 Å². The molecule has 1 heterocycles. The first-order valence-electron chi connectivity index (χ1n) is 38.3. The number of nitrogens with one attached hydrogen (secondary N) is 3. The lowest BCUT2D eigenvalue weighted by Gasteiger charge is -2.41. The zero-order valence-corrected chi connectivity index (χ0v) is 60.3. The maximum atomic E-state index is 15.8. The number of urea groups is 1. The topological polar surface area (TPSA) is 341 Å². The molecule has 1 aromatic rings. The normalized spacial score (nSPS) is 21.2. The van der Waals surface area contributed by atoms with Gasteiger partial charge in [0.15, 0.2) is 6.29 Å². The maximum Gasteiger partial charge on any atom is 0.417 e. The summed E-state index contributed by atoms with van der Waals surface area (Å²) in [4.78, 5) is 86.0. The van der Waals surface area contributed by atoms with Crippen LogP contribution in [0.3, 0.4) is 0 Å². The predicted molar refractivity (Wildman–Crippen MR) is 380 cm³/mol. The Morgan fingerprint density at radius 1 is 0.643 bits per heavy atom. The van der Waals surface area contributed by atoms with Crippen LogP contribution in [-0.2, 0) is 44.7 Å². The number of nitrogens with two attached hydrogens (primary N) is 2. The number of nitrogen functional groups attached to an aromatic ring is 1. The summed E-state index contributed by atoms with van der Waals surface area (Å²) < 4.78 is 29.7. The second-order valence-corrected chi connectivity index (χ2v) is 28.3. The minimum Gasteiger partial charge on any atom is -0.460 e. The second kappa shape index (κ2) is 51.0. The minimum absolute atomic E-state index is 0.0158. The Kier molecular flexibility index (Phi) is 44.3. The van der Waals surface area contributed by atoms with Crippen molar-refractivity contribution in [3.05, 3.63) is 29.8 Å². The Labute approximate surface area is 587 Å². The minimum atomic E-state index is -1.97. The van der Waals surface area contributed by atoms with E-state index in [1.54, 1.807) is 38.1 Å². The summed E-state index contributed by atoms with van der Waals surface area (Å²) in [6.07, 6.45) is 23.6. The average molecular weight is 1380 g/mol. The average Bonchev–Trinajstić information content (AvgIpc) is 1.56. The molecule has 98 heavy (non-hydrogen) atoms. The SMILES string of the molecule is CCCCCCCCCCCCCCCCCCCCCC(=O)O[C@H](CCCCCCCCCCCCCC)[C@@H](O)[C@H](CO[C@H]1O[C@H](CO)[C@H](O)[C@H](O)[C@H]1O)N(C(=O)OCc1ccc(N)cc1)C(=O)[C@H](CCCNC(N)=O)NC(=O)[C@@H](NC(=O)OCC1C2CCC#CCCC21)C(C)C. The van der Waals surface area contributed by atoms with Crippen molar-refractivity contribution in [2.24, 2.45) is 29.4 Å². The summed E-state index contributed by atoms with van der Waals surface area (Å²) in [5.41, 5.74) is 12.3. The lowest BCUT2D eigenvalue weighted by molar-refractivity contribution is -0.304. The van der Waals surface area contributed by atoms with Crippen molar-refractivity contribution >= 4 is 41.7 Å². The standard InChI is InChI=1S/C76H130N6O16/c1-5-7-9-11-13-15-17-19-20-21-22-23-24-25-27-29-31-33-39-45-65(84)97-63(44-38-32-30-28-26-18-16-14-12-10-8-6-2)67(85)62(54-94-73-70(88)69(87)68(86)64(51-83)98-73)82(76(93)96-52-56-46-48-57(77)49-47-56)72(90)61(43-40-50-79-74(78)91)80-71(89)66(55(3)4)81-75(92)95-53-60-58-41-36-34-35-37-42-59(58)60/h46-49,55,58-64,66-70,73,83,85-88H,5-33,36-45,50-54,77H2,1-4H3,(H,80,89)(H,81,92)(H3,78,79,91)/t58?,59?,60?,61-,62-,63+,64+,66-,67-,68-,69-,70+,73-/m0/s1. The molecule has 2 aliphatic carbocycles. The molecule has 1 aliphatic heterocycles. The largest absolute Gasteiger partial charge is 0.460 e. The van der Waals surface area contributed by atoms with Crippen molar-refractivity contribution in [2.45, 2.75) is 346 Å². The molecule has 1 saturated carbocycles. The fourth-order valence-electron chi connectivity index (χ4n) is 13.6. The summed E-state index contributed by atoms with van der Waals surface area (Å²) in [5, 5.41) is 64.0. The number of esters is 1. The van der Waals surface area contributed by atoms with Gasteiger partial charge in [0.05, 0.1) is 25.9 Å². The van der Waals surface area contributed by atoms with E-state index in [9.17, 15) is 44.7 Å². The molecular weight excluding hydrogens is 1250 g/mol. The van der Waals surface area contributed by atoms with Crippen LogP contribution in [0, 0.1) is 35.5 Å². The Morgan fingerprint density at radius 2 is 1.14 bits per heavy atom. The number of imide groups is 1. The van der Waals surface area contributed by atoms with E-state index in [2.05, 4.69) is 41.6 Å². The lowest BCUT2D eigenvalue weighted by Crippen LogP contribution is -2.63. The molecule has 22 nitrogen and oxygen atoms in total. The monoisotopic (exact) mass is 1380 g/mol. The molecule has 0 bridgehead atoms. The van der Waals surface area contributed by atoms with Gasteiger partial charge in [-0.3, -0.25) is 14.4 Å². The number of carbonyl (C=O) groups excluding carboxylic acids is 6. The number of anilines is 1. The third-order valence-corrected chi connectivity index (χ3v) is 19.8. The van der Waals surface area contributed by atoms with Gasteiger partial charge in [0.25, 0.3) is 5.91 Å². The molecule has 12 atom stereocenters. The van der Waals surface area contributed by atoms with Crippen molar-refractivity contribution < 1.29 is 78.0 Å². The van der Waals surface area contributed by atoms with Gasteiger partial charge in [-0.15, -0.1) is 11.8 Å². The number of unbranched alkanes of at least 4 members (excludes halogenated alkanes) is 29. The van der Waals surface area contributed by atoms with E-state index in [4.69, 9.17) is 35.2 Å². The number of nitrogens with zero attached hydrogens (tertiary/aromatic N) is 1. The fourth-order valence-corrected chi connectivity index (χ4v) is 13.6. The summed E-state index contributed by atoms with van der Waals surface area (Å²) >= 11 is 0. The number of aliphatic hydroxyl groups is 5. The van der Waals surface area contributed by atoms with Crippen LogP contribution in [0.25, 0.3) is 0 Å². The quantitative estimate of drug-likeness (QED) is 0.00952. The Bertz CT molecular complexity index is 2410. The molecule has 1 aromatic carbocycles. The highest BCUT2D eigenvalue weighted by atomic mass is 16.7. The first-order valence-corrected chi connectivity index (χ1v) is 38.3. The van der Waals surface area contributed by atoms with Crippen LogP contribution in [0.15, 0.2) is 24.3 Å². The van der Waals surface area contributed by atoms with Crippen LogP contribution < -0.4 is 27.4 Å². The van der Waals surface area contributed by atoms with Gasteiger partial charge >= 0.3 is 24.2 Å². The molecule has 1 saturated heterocycles. The number of benzene rings is 1. The molecule has 22 heteroatoms. The molecule has 0 aromatic heterocycles. The number of amides is 6. The van der Waals surface area contributed by atoms with Gasteiger partial charge in [-0.25, -0.2) is 19.3 Å². The zero-order chi connectivity index (χ0) is 71.3. The molecule has 560 valence electrons. The zero-order valence-electron chi connectivity index (χ0n) is 60.3. The number of ether oxygens (including phenoxy) is 5. The van der Waals surface area contributed by atoms with E-state index in [0.29, 0.717) is 47.2 Å². The number of aliphatic hydroxyl groups excluding tert-OH is 5. The smallest absolute Gasteiger partial charge is 0.417 e. The van der Waals surface area contributed by atoms with Crippen LogP contribution in [0.5, 0.6) is 0 Å². The van der Waals surface area contributed by atoms with E-state index in [-0.39, 0.29) is 44.8 Å². The predicted octanol–water partition coefficient (Wildman–Crippen LogP) is 12.2. The van der Waals surface area contributed by atoms with Crippen molar-refractivity contribution in [1.82, 2.24) is 20.9 Å². The molecular formula is C76H130N6O16. The lowest BCUT2D eigenvalue weighted by atomic mass is 9.96. The number of hydrogen-bond acceptors (Lipinski definition) is 17. The number of primary amides is 1. The van der Waals surface area contributed by atoms with Gasteiger partial charge in [-0.1, -0.05) is 226 Å². The van der Waals surface area contributed by atoms with E-state index in [0.717, 1.165) is 89.9 Å². The highest BCUT2D eigenvalue weighted by molar-refractivity contribution is 5.98. The van der Waals surface area contributed by atoms with Gasteiger partial charge in [0, 0.05) is 31.5 Å². The van der Waals surface area contributed by atoms with Gasteiger partial charge in [0.1, 0.15) is 55.3 Å². The molecule has 0 radical (unpaired) electrons. The van der Waals surface area contributed by atoms with Crippen LogP contribution in [0.1, 0.15) is 284 Å². The third kappa shape index (κ3) is 33.9. The first-order chi connectivity index (χ1) is 47.4. The van der Waals surface area contributed by atoms with Gasteiger partial charge < -0.3 is 76.6 Å². The highest BCUT2D eigenvalue weighted by Gasteiger charge is 2.50. The van der Waals surface area contributed by atoms with E-state index in [1.165, 1.54) is 116 Å². The van der Waals surface area contributed by atoms with Crippen molar-refractivity contribution in [2.75, 3.05) is 32.1 Å². The van der Waals surface area contributed by atoms with Crippen LogP contribution in [-0.4, -0.2) is 154 Å². The maximum absolute atomic E-state index is 15.8. The molecule has 12 N–H and O–H groups in total. The first kappa shape index (κ1) is 85.1. The number of carbonyl (C=O) groups is 6. The summed E-state index contributed by atoms with van der Waals surface area (Å²) in [6.45, 7) is 5.72. The van der Waals surface area contributed by atoms with Crippen molar-refractivity contribution in [1.29, 1.82) is 0 Å². The fraction of sp³-hybridized carbons (Fsp3) is 0.816. The number of fused-ring (bicyclic) bond motifs is 1. The number of rotatable bonds is 54. The Balaban J connectivity index is 1.62. The molecule has 6 amide bonds. The second-order valence-electron chi connectivity index (χ2n) is 28.3. The number of alkyl carbamates (subject to hydrolysis) is 1. The van der Waals surface area contributed by atoms with Crippen molar-refractivity contribution in [3.63, 3.8) is 0 Å². The van der Waals surface area contributed by atoms with Gasteiger partial charge in [0.2, 0.25) is 5.91 Å². The van der Waals surface area contributed by atoms with Crippen LogP contribution >= 0.6 is 0 Å². The van der Waals surface area contributed by atoms with E-state index < -0.39 is 123 Å². The Hall–Kier alpha value is -5.28. The number of hydrogen-bond donors (Lipinski definition) is 10.